The molecule has 144 valence electrons. The van der Waals surface area contributed by atoms with Crippen LogP contribution in [0.1, 0.15) is 32.6 Å². The average molecular weight is 387 g/mol. The largest absolute Gasteiger partial charge is 0.341 e. The molecule has 27 heavy (non-hydrogen) atoms. The van der Waals surface area contributed by atoms with Gasteiger partial charge in [-0.2, -0.15) is 4.31 Å². The smallest absolute Gasteiger partial charge is 0.243 e. The summed E-state index contributed by atoms with van der Waals surface area (Å²) in [6.45, 7) is 4.09. The number of sulfonamides is 1. The maximum absolute atomic E-state index is 13.3. The van der Waals surface area contributed by atoms with E-state index in [0.717, 1.165) is 43.1 Å². The molecule has 2 aliphatic rings. The number of carbonyl (C=O) groups is 1. The van der Waals surface area contributed by atoms with Crippen LogP contribution < -0.4 is 0 Å². The van der Waals surface area contributed by atoms with Gasteiger partial charge in [-0.05, 0) is 54.5 Å². The minimum absolute atomic E-state index is 0.0243. The van der Waals surface area contributed by atoms with Crippen molar-refractivity contribution in [3.05, 3.63) is 42.5 Å². The fourth-order valence-corrected chi connectivity index (χ4v) is 5.86. The molecule has 0 bridgehead atoms. The van der Waals surface area contributed by atoms with Crippen LogP contribution in [0.3, 0.4) is 0 Å². The Labute approximate surface area is 161 Å². The van der Waals surface area contributed by atoms with Crippen LogP contribution in [0.25, 0.3) is 10.8 Å². The molecule has 4 rings (SSSR count). The van der Waals surface area contributed by atoms with Crippen LogP contribution in [0.4, 0.5) is 0 Å². The minimum Gasteiger partial charge on any atom is -0.341 e. The molecular formula is C21H26N2O3S. The first-order valence-electron chi connectivity index (χ1n) is 9.76. The molecular weight excluding hydrogens is 360 g/mol. The molecule has 0 aliphatic carbocycles. The third-order valence-electron chi connectivity index (χ3n) is 5.91. The highest BCUT2D eigenvalue weighted by molar-refractivity contribution is 7.89. The molecule has 0 unspecified atom stereocenters. The highest BCUT2D eigenvalue weighted by Gasteiger charge is 2.41. The first-order chi connectivity index (χ1) is 13.0. The van der Waals surface area contributed by atoms with Crippen LogP contribution in [0.15, 0.2) is 47.4 Å². The third-order valence-corrected chi connectivity index (χ3v) is 7.82. The van der Waals surface area contributed by atoms with E-state index in [1.54, 1.807) is 12.1 Å². The number of hydrogen-bond acceptors (Lipinski definition) is 3. The lowest BCUT2D eigenvalue weighted by Gasteiger charge is -2.34. The average Bonchev–Trinajstić information content (AvgIpc) is 3.18. The second-order valence-corrected chi connectivity index (χ2v) is 9.68. The number of nitrogens with zero attached hydrogens (tertiary/aromatic N) is 2. The summed E-state index contributed by atoms with van der Waals surface area (Å²) in [6.07, 6.45) is 3.33. The number of amides is 1. The fraction of sp³-hybridized carbons (Fsp3) is 0.476. The van der Waals surface area contributed by atoms with Crippen molar-refractivity contribution >= 4 is 26.7 Å². The first-order valence-corrected chi connectivity index (χ1v) is 11.2. The Morgan fingerprint density at radius 3 is 2.41 bits per heavy atom. The Kier molecular flexibility index (Phi) is 4.95. The van der Waals surface area contributed by atoms with E-state index in [4.69, 9.17) is 0 Å². The molecule has 2 saturated heterocycles. The molecule has 2 aliphatic heterocycles. The predicted molar refractivity (Wildman–Crippen MR) is 106 cm³/mol. The van der Waals surface area contributed by atoms with Gasteiger partial charge >= 0.3 is 0 Å². The van der Waals surface area contributed by atoms with Gasteiger partial charge in [0.15, 0.2) is 0 Å². The zero-order valence-electron chi connectivity index (χ0n) is 15.7. The summed E-state index contributed by atoms with van der Waals surface area (Å²) < 4.78 is 28.0. The molecule has 2 fully saturated rings. The molecule has 0 saturated carbocycles. The molecule has 0 radical (unpaired) electrons. The highest BCUT2D eigenvalue weighted by Crippen LogP contribution is 2.30. The normalized spacial score (nSPS) is 22.4. The van der Waals surface area contributed by atoms with Gasteiger partial charge in [-0.1, -0.05) is 37.3 Å². The second kappa shape index (κ2) is 7.24. The zero-order chi connectivity index (χ0) is 19.0. The van der Waals surface area contributed by atoms with Gasteiger partial charge in [0.25, 0.3) is 0 Å². The van der Waals surface area contributed by atoms with E-state index in [9.17, 15) is 13.2 Å². The van der Waals surface area contributed by atoms with E-state index in [1.807, 2.05) is 35.2 Å². The Bertz CT molecular complexity index is 949. The Morgan fingerprint density at radius 2 is 1.67 bits per heavy atom. The summed E-state index contributed by atoms with van der Waals surface area (Å²) in [5, 5.41) is 1.90. The van der Waals surface area contributed by atoms with Crippen LogP contribution in [-0.4, -0.2) is 49.2 Å². The number of hydrogen-bond donors (Lipinski definition) is 0. The van der Waals surface area contributed by atoms with E-state index < -0.39 is 16.1 Å². The Balaban J connectivity index is 1.60. The third kappa shape index (κ3) is 3.48. The predicted octanol–water partition coefficient (Wildman–Crippen LogP) is 3.25. The second-order valence-electron chi connectivity index (χ2n) is 7.79. The van der Waals surface area contributed by atoms with Gasteiger partial charge in [0, 0.05) is 19.6 Å². The molecule has 1 amide bonds. The van der Waals surface area contributed by atoms with E-state index >= 15 is 0 Å². The van der Waals surface area contributed by atoms with Crippen molar-refractivity contribution in [1.82, 2.24) is 9.21 Å². The van der Waals surface area contributed by atoms with E-state index in [-0.39, 0.29) is 10.8 Å². The molecule has 5 nitrogen and oxygen atoms in total. The maximum Gasteiger partial charge on any atom is 0.243 e. The number of piperidine rings is 1. The van der Waals surface area contributed by atoms with E-state index in [2.05, 4.69) is 6.92 Å². The number of benzene rings is 2. The van der Waals surface area contributed by atoms with Crippen molar-refractivity contribution in [2.24, 2.45) is 5.92 Å². The monoisotopic (exact) mass is 386 g/mol. The molecule has 6 heteroatoms. The van der Waals surface area contributed by atoms with Gasteiger partial charge in [0.2, 0.25) is 15.9 Å². The van der Waals surface area contributed by atoms with Crippen LogP contribution in [0.5, 0.6) is 0 Å². The van der Waals surface area contributed by atoms with Crippen LogP contribution >= 0.6 is 0 Å². The van der Waals surface area contributed by atoms with Gasteiger partial charge in [-0.25, -0.2) is 8.42 Å². The van der Waals surface area contributed by atoms with Crippen molar-refractivity contribution in [3.63, 3.8) is 0 Å². The Hall–Kier alpha value is -1.92. The van der Waals surface area contributed by atoms with E-state index in [0.29, 0.717) is 18.9 Å². The van der Waals surface area contributed by atoms with Crippen LogP contribution in [0, 0.1) is 5.92 Å². The van der Waals surface area contributed by atoms with Gasteiger partial charge in [-0.3, -0.25) is 4.79 Å². The van der Waals surface area contributed by atoms with Crippen molar-refractivity contribution in [2.75, 3.05) is 19.6 Å². The van der Waals surface area contributed by atoms with Crippen LogP contribution in [0.2, 0.25) is 0 Å². The van der Waals surface area contributed by atoms with Gasteiger partial charge in [-0.15, -0.1) is 0 Å². The summed E-state index contributed by atoms with van der Waals surface area (Å²) >= 11 is 0. The molecule has 1 atom stereocenters. The van der Waals surface area contributed by atoms with Gasteiger partial charge in [0.1, 0.15) is 6.04 Å². The fourth-order valence-electron chi connectivity index (χ4n) is 4.18. The molecule has 0 spiro atoms. The minimum atomic E-state index is -3.69. The zero-order valence-corrected chi connectivity index (χ0v) is 16.5. The molecule has 2 heterocycles. The summed E-state index contributed by atoms with van der Waals surface area (Å²) in [5.74, 6) is 0.610. The summed E-state index contributed by atoms with van der Waals surface area (Å²) in [4.78, 5) is 15.2. The number of likely N-dealkylation sites (tertiary alicyclic amines) is 1. The SMILES string of the molecule is CC1CCN(C(=O)[C@@H]2CCCN2S(=O)(=O)c2ccc3ccccc3c2)CC1. The Morgan fingerprint density at radius 1 is 0.963 bits per heavy atom. The highest BCUT2D eigenvalue weighted by atomic mass is 32.2. The number of carbonyl (C=O) groups excluding carboxylic acids is 1. The topological polar surface area (TPSA) is 57.7 Å². The summed E-state index contributed by atoms with van der Waals surface area (Å²) in [7, 11) is -3.69. The summed E-state index contributed by atoms with van der Waals surface area (Å²) in [5.41, 5.74) is 0. The molecule has 2 aromatic rings. The van der Waals surface area contributed by atoms with Gasteiger partial charge in [0.05, 0.1) is 4.90 Å². The van der Waals surface area contributed by atoms with Crippen molar-refractivity contribution in [2.45, 2.75) is 43.5 Å². The maximum atomic E-state index is 13.3. The lowest BCUT2D eigenvalue weighted by molar-refractivity contribution is -0.135. The quantitative estimate of drug-likeness (QED) is 0.814. The molecule has 0 N–H and O–H groups in total. The van der Waals surface area contributed by atoms with Crippen molar-refractivity contribution in [3.8, 4) is 0 Å². The molecule has 2 aromatic carbocycles. The van der Waals surface area contributed by atoms with Crippen molar-refractivity contribution in [1.29, 1.82) is 0 Å². The number of rotatable bonds is 3. The lowest BCUT2D eigenvalue weighted by atomic mass is 9.98. The number of fused-ring (bicyclic) bond motifs is 1. The standard InChI is InChI=1S/C21H26N2O3S/c1-16-10-13-22(14-11-16)21(24)20-7-4-12-23(20)27(25,26)19-9-8-17-5-2-3-6-18(17)15-19/h2-3,5-6,8-9,15-16,20H,4,7,10-14H2,1H3/t20-/m0/s1. The van der Waals surface area contributed by atoms with Crippen molar-refractivity contribution < 1.29 is 13.2 Å². The lowest BCUT2D eigenvalue weighted by Crippen LogP contribution is -2.49. The molecule has 0 aromatic heterocycles. The first kappa shape index (κ1) is 18.4. The van der Waals surface area contributed by atoms with Crippen LogP contribution in [-0.2, 0) is 14.8 Å². The van der Waals surface area contributed by atoms with E-state index in [1.165, 1.54) is 4.31 Å². The summed E-state index contributed by atoms with van der Waals surface area (Å²) in [6, 6.07) is 12.4. The van der Waals surface area contributed by atoms with Gasteiger partial charge < -0.3 is 4.90 Å².